The molecule has 0 radical (unpaired) electrons. The molecule has 0 saturated heterocycles. The van der Waals surface area contributed by atoms with Crippen molar-refractivity contribution in [2.24, 2.45) is 0 Å². The topological polar surface area (TPSA) is 108 Å². The van der Waals surface area contributed by atoms with Gasteiger partial charge in [0, 0.05) is 23.9 Å². The number of para-hydroxylation sites is 1. The van der Waals surface area contributed by atoms with E-state index in [2.05, 4.69) is 23.3 Å². The number of aryl methyl sites for hydroxylation is 1. The van der Waals surface area contributed by atoms with Gasteiger partial charge in [0.1, 0.15) is 23.4 Å². The highest BCUT2D eigenvalue weighted by Gasteiger charge is 2.37. The Balaban J connectivity index is 2.41. The number of rotatable bonds is 9. The van der Waals surface area contributed by atoms with Crippen molar-refractivity contribution in [1.29, 1.82) is 0 Å². The number of ether oxygens (including phenoxy) is 1. The summed E-state index contributed by atoms with van der Waals surface area (Å²) in [6.07, 6.45) is 4.86. The molecular formula is C26H41N3O5S. The maximum Gasteiger partial charge on any atom is 0.408 e. The van der Waals surface area contributed by atoms with E-state index in [4.69, 9.17) is 4.74 Å². The number of alkyl carbamates (subject to hydrolysis) is 1. The average molecular weight is 508 g/mol. The lowest BCUT2D eigenvalue weighted by atomic mass is 9.94. The van der Waals surface area contributed by atoms with Crippen LogP contribution in [0.3, 0.4) is 0 Å². The van der Waals surface area contributed by atoms with Gasteiger partial charge in [0.15, 0.2) is 0 Å². The van der Waals surface area contributed by atoms with Crippen LogP contribution in [0.5, 0.6) is 5.75 Å². The fourth-order valence-corrected chi connectivity index (χ4v) is 4.57. The summed E-state index contributed by atoms with van der Waals surface area (Å²) in [4.78, 5) is 41.2. The number of hydrogen-bond acceptors (Lipinski definition) is 6. The molecule has 196 valence electrons. The van der Waals surface area contributed by atoms with Crippen molar-refractivity contribution < 1.29 is 24.2 Å². The zero-order chi connectivity index (χ0) is 26.2. The molecule has 1 fully saturated rings. The Morgan fingerprint density at radius 2 is 1.86 bits per heavy atom. The number of amides is 3. The predicted molar refractivity (Wildman–Crippen MR) is 140 cm³/mol. The van der Waals surface area contributed by atoms with Crippen LogP contribution in [0, 0.1) is 6.92 Å². The molecule has 0 aliphatic heterocycles. The predicted octanol–water partition coefficient (Wildman–Crippen LogP) is 4.25. The number of nitrogens with one attached hydrogen (secondary N) is 2. The molecule has 8 nitrogen and oxygen atoms in total. The van der Waals surface area contributed by atoms with Crippen molar-refractivity contribution in [2.75, 3.05) is 12.3 Å². The molecule has 2 rings (SSSR count). The second-order valence-electron chi connectivity index (χ2n) is 10.2. The summed E-state index contributed by atoms with van der Waals surface area (Å²) in [5, 5.41) is 16.6. The van der Waals surface area contributed by atoms with Crippen LogP contribution in [0.1, 0.15) is 83.4 Å². The first-order chi connectivity index (χ1) is 16.5. The Labute approximate surface area is 214 Å². The number of hydrogen-bond donors (Lipinski definition) is 4. The monoisotopic (exact) mass is 507 g/mol. The van der Waals surface area contributed by atoms with Gasteiger partial charge in [0.05, 0.1) is 0 Å². The molecule has 9 heteroatoms. The highest BCUT2D eigenvalue weighted by atomic mass is 32.1. The van der Waals surface area contributed by atoms with Crippen LogP contribution in [-0.4, -0.2) is 57.9 Å². The van der Waals surface area contributed by atoms with E-state index in [0.29, 0.717) is 17.5 Å². The zero-order valence-electron chi connectivity index (χ0n) is 21.6. The Hall–Kier alpha value is -2.42. The Bertz CT molecular complexity index is 880. The minimum atomic E-state index is -1.05. The summed E-state index contributed by atoms with van der Waals surface area (Å²) in [7, 11) is 0. The van der Waals surface area contributed by atoms with Gasteiger partial charge in [-0.2, -0.15) is 12.6 Å². The van der Waals surface area contributed by atoms with Gasteiger partial charge in [0.25, 0.3) is 0 Å². The lowest BCUT2D eigenvalue weighted by Gasteiger charge is -2.35. The second kappa shape index (κ2) is 13.0. The van der Waals surface area contributed by atoms with Gasteiger partial charge in [-0.25, -0.2) is 4.79 Å². The van der Waals surface area contributed by atoms with Crippen LogP contribution >= 0.6 is 12.6 Å². The van der Waals surface area contributed by atoms with Crippen molar-refractivity contribution in [3.8, 4) is 5.75 Å². The standard InChI is InChI=1S/C26H41N3O5S/c1-6-15-29(24(32)20(16-35)28-25(33)34-26(3,4)5)21(19-14-10-11-17(2)22(19)30)23(31)27-18-12-8-7-9-13-18/h10-11,14,18,20-21,30,35H,6-9,12-13,15-16H2,1-5H3,(H,27,31)(H,28,33). The number of carbonyl (C=O) groups excluding carboxylic acids is 3. The van der Waals surface area contributed by atoms with Crippen molar-refractivity contribution >= 4 is 30.5 Å². The molecule has 3 N–H and O–H groups in total. The minimum absolute atomic E-state index is 0.0206. The summed E-state index contributed by atoms with van der Waals surface area (Å²) < 4.78 is 5.31. The number of nitrogens with zero attached hydrogens (tertiary/aromatic N) is 1. The summed E-state index contributed by atoms with van der Waals surface area (Å²) in [6.45, 7) is 9.12. The first-order valence-electron chi connectivity index (χ1n) is 12.5. The highest BCUT2D eigenvalue weighted by molar-refractivity contribution is 7.80. The van der Waals surface area contributed by atoms with Crippen molar-refractivity contribution in [3.05, 3.63) is 29.3 Å². The number of aromatic hydroxyl groups is 1. The van der Waals surface area contributed by atoms with E-state index in [1.807, 2.05) is 6.92 Å². The molecule has 1 aromatic rings. The van der Waals surface area contributed by atoms with E-state index in [-0.39, 0.29) is 30.0 Å². The molecule has 0 bridgehead atoms. The van der Waals surface area contributed by atoms with Gasteiger partial charge < -0.3 is 25.4 Å². The molecule has 2 unspecified atom stereocenters. The van der Waals surface area contributed by atoms with Gasteiger partial charge in [-0.1, -0.05) is 44.4 Å². The number of phenols is 1. The molecule has 0 spiro atoms. The summed E-state index contributed by atoms with van der Waals surface area (Å²) in [6, 6.07) is 3.16. The van der Waals surface area contributed by atoms with E-state index in [1.165, 1.54) is 4.90 Å². The first-order valence-corrected chi connectivity index (χ1v) is 13.1. The van der Waals surface area contributed by atoms with Crippen molar-refractivity contribution in [3.63, 3.8) is 0 Å². The van der Waals surface area contributed by atoms with Crippen molar-refractivity contribution in [1.82, 2.24) is 15.5 Å². The number of thiol groups is 1. The van der Waals surface area contributed by atoms with E-state index >= 15 is 0 Å². The first kappa shape index (κ1) is 28.8. The molecule has 1 aliphatic rings. The quantitative estimate of drug-likeness (QED) is 0.374. The summed E-state index contributed by atoms with van der Waals surface area (Å²) >= 11 is 4.29. The maximum atomic E-state index is 13.7. The molecule has 3 amide bonds. The third-order valence-corrected chi connectivity index (χ3v) is 6.36. The Kier molecular flexibility index (Phi) is 10.7. The maximum absolute atomic E-state index is 13.7. The molecule has 2 atom stereocenters. The van der Waals surface area contributed by atoms with Crippen LogP contribution in [0.4, 0.5) is 4.79 Å². The molecular weight excluding hydrogens is 466 g/mol. The Morgan fingerprint density at radius 3 is 2.43 bits per heavy atom. The number of benzene rings is 1. The average Bonchev–Trinajstić information content (AvgIpc) is 2.79. The van der Waals surface area contributed by atoms with Gasteiger partial charge in [-0.3, -0.25) is 9.59 Å². The van der Waals surface area contributed by atoms with Gasteiger partial charge in [-0.15, -0.1) is 0 Å². The smallest absolute Gasteiger partial charge is 0.408 e. The van der Waals surface area contributed by atoms with Crippen LogP contribution in [0.15, 0.2) is 18.2 Å². The molecule has 35 heavy (non-hydrogen) atoms. The largest absolute Gasteiger partial charge is 0.507 e. The third kappa shape index (κ3) is 8.33. The molecule has 0 heterocycles. The van der Waals surface area contributed by atoms with Gasteiger partial charge in [-0.05, 0) is 52.5 Å². The summed E-state index contributed by atoms with van der Waals surface area (Å²) in [5.41, 5.74) is 0.238. The van der Waals surface area contributed by atoms with Gasteiger partial charge in [0.2, 0.25) is 11.8 Å². The van der Waals surface area contributed by atoms with E-state index in [0.717, 1.165) is 32.1 Å². The van der Waals surface area contributed by atoms with Crippen LogP contribution in [0.2, 0.25) is 0 Å². The van der Waals surface area contributed by atoms with Crippen molar-refractivity contribution in [2.45, 2.75) is 96.9 Å². The molecule has 1 aromatic carbocycles. The highest BCUT2D eigenvalue weighted by Crippen LogP contribution is 2.33. The summed E-state index contributed by atoms with van der Waals surface area (Å²) in [5.74, 6) is -0.797. The van der Waals surface area contributed by atoms with E-state index in [9.17, 15) is 19.5 Å². The van der Waals surface area contributed by atoms with Crippen LogP contribution in [-0.2, 0) is 14.3 Å². The number of carbonyl (C=O) groups is 3. The normalized spacial score (nSPS) is 16.2. The molecule has 0 aromatic heterocycles. The SMILES string of the molecule is CCCN(C(=O)C(CS)NC(=O)OC(C)(C)C)C(C(=O)NC1CCCCC1)c1cccc(C)c1O. The van der Waals surface area contributed by atoms with Crippen LogP contribution < -0.4 is 10.6 Å². The van der Waals surface area contributed by atoms with Gasteiger partial charge >= 0.3 is 6.09 Å². The fraction of sp³-hybridized carbons (Fsp3) is 0.654. The van der Waals surface area contributed by atoms with E-state index < -0.39 is 29.7 Å². The fourth-order valence-electron chi connectivity index (χ4n) is 4.32. The lowest BCUT2D eigenvalue weighted by molar-refractivity contribution is -0.142. The van der Waals surface area contributed by atoms with Crippen LogP contribution in [0.25, 0.3) is 0 Å². The zero-order valence-corrected chi connectivity index (χ0v) is 22.5. The molecule has 1 aliphatic carbocycles. The second-order valence-corrected chi connectivity index (χ2v) is 10.5. The van der Waals surface area contributed by atoms with E-state index in [1.54, 1.807) is 45.9 Å². The third-order valence-electron chi connectivity index (χ3n) is 5.99. The Morgan fingerprint density at radius 1 is 1.20 bits per heavy atom. The lowest BCUT2D eigenvalue weighted by Crippen LogP contribution is -2.54. The molecule has 1 saturated carbocycles. The minimum Gasteiger partial charge on any atom is -0.507 e. The number of phenolic OH excluding ortho intramolecular Hbond substituents is 1.